The molecular weight excluding hydrogens is 306 g/mol. The normalized spacial score (nSPS) is 19.0. The Morgan fingerprint density at radius 1 is 0.957 bits per heavy atom. The number of benzene rings is 2. The van der Waals surface area contributed by atoms with Crippen LogP contribution in [0.4, 0.5) is 0 Å². The van der Waals surface area contributed by atoms with Crippen molar-refractivity contribution in [3.63, 3.8) is 0 Å². The molecular formula is C19H23NO2S. The standard InChI is InChI=1S/C19H23NO2S/c21-23(22,18-11-5-2-6-12-18)19-13-15-20(16-19)14-7-10-17-8-3-1-4-9-17/h1-6,8-9,11-12,19H,7,10,13-16H2. The zero-order valence-corrected chi connectivity index (χ0v) is 14.1. The van der Waals surface area contributed by atoms with Gasteiger partial charge in [0, 0.05) is 6.54 Å². The largest absolute Gasteiger partial charge is 0.302 e. The lowest BCUT2D eigenvalue weighted by Crippen LogP contribution is -2.28. The van der Waals surface area contributed by atoms with Gasteiger partial charge in [0.2, 0.25) is 0 Å². The Hall–Kier alpha value is -1.65. The van der Waals surface area contributed by atoms with Crippen LogP contribution < -0.4 is 0 Å². The lowest BCUT2D eigenvalue weighted by Gasteiger charge is -2.16. The molecule has 0 bridgehead atoms. The maximum atomic E-state index is 12.6. The molecule has 0 amide bonds. The third-order valence-corrected chi connectivity index (χ3v) is 6.71. The predicted molar refractivity (Wildman–Crippen MR) is 93.2 cm³/mol. The number of nitrogens with zero attached hydrogens (tertiary/aromatic N) is 1. The highest BCUT2D eigenvalue weighted by molar-refractivity contribution is 7.92. The molecule has 1 heterocycles. The van der Waals surface area contributed by atoms with E-state index in [-0.39, 0.29) is 5.25 Å². The molecule has 0 N–H and O–H groups in total. The molecule has 2 aromatic carbocycles. The fourth-order valence-corrected chi connectivity index (χ4v) is 4.95. The minimum Gasteiger partial charge on any atom is -0.302 e. The zero-order valence-electron chi connectivity index (χ0n) is 13.3. The minimum absolute atomic E-state index is 0.262. The molecule has 1 aliphatic rings. The zero-order chi connectivity index (χ0) is 16.1. The van der Waals surface area contributed by atoms with E-state index in [1.54, 1.807) is 24.3 Å². The molecule has 1 saturated heterocycles. The first-order chi connectivity index (χ1) is 11.2. The van der Waals surface area contributed by atoms with E-state index in [1.807, 2.05) is 12.1 Å². The van der Waals surface area contributed by atoms with Gasteiger partial charge in [-0.3, -0.25) is 0 Å². The highest BCUT2D eigenvalue weighted by Gasteiger charge is 2.33. The molecule has 0 aromatic heterocycles. The summed E-state index contributed by atoms with van der Waals surface area (Å²) in [5.74, 6) is 0. The topological polar surface area (TPSA) is 37.4 Å². The monoisotopic (exact) mass is 329 g/mol. The van der Waals surface area contributed by atoms with Gasteiger partial charge < -0.3 is 4.90 Å². The van der Waals surface area contributed by atoms with Crippen molar-refractivity contribution in [2.75, 3.05) is 19.6 Å². The lowest BCUT2D eigenvalue weighted by atomic mass is 10.1. The second kappa shape index (κ2) is 7.28. The van der Waals surface area contributed by atoms with Gasteiger partial charge in [0.05, 0.1) is 10.1 Å². The Morgan fingerprint density at radius 3 is 2.30 bits per heavy atom. The van der Waals surface area contributed by atoms with Crippen molar-refractivity contribution in [3.8, 4) is 0 Å². The molecule has 1 fully saturated rings. The maximum absolute atomic E-state index is 12.6. The van der Waals surface area contributed by atoms with Gasteiger partial charge >= 0.3 is 0 Å². The van der Waals surface area contributed by atoms with Gasteiger partial charge in [-0.1, -0.05) is 48.5 Å². The van der Waals surface area contributed by atoms with Crippen LogP contribution in [0.5, 0.6) is 0 Å². The SMILES string of the molecule is O=S(=O)(c1ccccc1)C1CCN(CCCc2ccccc2)C1. The first-order valence-corrected chi connectivity index (χ1v) is 9.76. The summed E-state index contributed by atoms with van der Waals surface area (Å²) in [6.45, 7) is 2.51. The summed E-state index contributed by atoms with van der Waals surface area (Å²) in [7, 11) is -3.19. The van der Waals surface area contributed by atoms with Gasteiger partial charge in [0.15, 0.2) is 9.84 Å². The number of hydrogen-bond acceptors (Lipinski definition) is 3. The average Bonchev–Trinajstić information content (AvgIpc) is 3.06. The molecule has 1 unspecified atom stereocenters. The summed E-state index contributed by atoms with van der Waals surface area (Å²) in [5, 5.41) is -0.262. The van der Waals surface area contributed by atoms with E-state index in [9.17, 15) is 8.42 Å². The van der Waals surface area contributed by atoms with E-state index in [0.29, 0.717) is 11.4 Å². The van der Waals surface area contributed by atoms with E-state index in [1.165, 1.54) is 5.56 Å². The molecule has 122 valence electrons. The van der Waals surface area contributed by atoms with Crippen molar-refractivity contribution in [1.29, 1.82) is 0 Å². The summed E-state index contributed by atoms with van der Waals surface area (Å²) < 4.78 is 25.3. The predicted octanol–water partition coefficient (Wildman–Crippen LogP) is 3.17. The van der Waals surface area contributed by atoms with Crippen LogP contribution in [-0.2, 0) is 16.3 Å². The third-order valence-electron chi connectivity index (χ3n) is 4.52. The Bertz CT molecular complexity index is 714. The van der Waals surface area contributed by atoms with Crippen molar-refractivity contribution in [2.24, 2.45) is 0 Å². The van der Waals surface area contributed by atoms with Crippen LogP contribution in [0.15, 0.2) is 65.6 Å². The highest BCUT2D eigenvalue weighted by Crippen LogP contribution is 2.24. The van der Waals surface area contributed by atoms with Gasteiger partial charge in [-0.2, -0.15) is 0 Å². The highest BCUT2D eigenvalue weighted by atomic mass is 32.2. The molecule has 1 aliphatic heterocycles. The molecule has 3 rings (SSSR count). The Balaban J connectivity index is 1.52. The lowest BCUT2D eigenvalue weighted by molar-refractivity contribution is 0.334. The first-order valence-electron chi connectivity index (χ1n) is 8.21. The average molecular weight is 329 g/mol. The van der Waals surface area contributed by atoms with Gasteiger partial charge in [0.25, 0.3) is 0 Å². The van der Waals surface area contributed by atoms with Crippen LogP contribution in [0.2, 0.25) is 0 Å². The van der Waals surface area contributed by atoms with Gasteiger partial charge in [0.1, 0.15) is 0 Å². The summed E-state index contributed by atoms with van der Waals surface area (Å²) in [5.41, 5.74) is 1.35. The molecule has 0 saturated carbocycles. The van der Waals surface area contributed by atoms with E-state index >= 15 is 0 Å². The van der Waals surface area contributed by atoms with Crippen molar-refractivity contribution in [3.05, 3.63) is 66.2 Å². The van der Waals surface area contributed by atoms with Crippen LogP contribution in [0, 0.1) is 0 Å². The second-order valence-electron chi connectivity index (χ2n) is 6.16. The van der Waals surface area contributed by atoms with Crippen LogP contribution in [-0.4, -0.2) is 38.2 Å². The van der Waals surface area contributed by atoms with Crippen LogP contribution in [0.25, 0.3) is 0 Å². The van der Waals surface area contributed by atoms with Crippen molar-refractivity contribution < 1.29 is 8.42 Å². The third kappa shape index (κ3) is 4.01. The molecule has 1 atom stereocenters. The van der Waals surface area contributed by atoms with E-state index in [2.05, 4.69) is 29.2 Å². The smallest absolute Gasteiger partial charge is 0.182 e. The second-order valence-corrected chi connectivity index (χ2v) is 8.39. The van der Waals surface area contributed by atoms with Crippen LogP contribution >= 0.6 is 0 Å². The maximum Gasteiger partial charge on any atom is 0.182 e. The number of hydrogen-bond donors (Lipinski definition) is 0. The summed E-state index contributed by atoms with van der Waals surface area (Å²) >= 11 is 0. The molecule has 4 heteroatoms. The number of aryl methyl sites for hydroxylation is 1. The molecule has 0 radical (unpaired) electrons. The van der Waals surface area contributed by atoms with E-state index in [0.717, 1.165) is 32.4 Å². The van der Waals surface area contributed by atoms with Crippen molar-refractivity contribution >= 4 is 9.84 Å². The summed E-state index contributed by atoms with van der Waals surface area (Å²) in [6, 6.07) is 19.3. The summed E-state index contributed by atoms with van der Waals surface area (Å²) in [6.07, 6.45) is 2.86. The quantitative estimate of drug-likeness (QED) is 0.817. The molecule has 0 spiro atoms. The Kier molecular flexibility index (Phi) is 5.13. The fourth-order valence-electron chi connectivity index (χ4n) is 3.21. The molecule has 23 heavy (non-hydrogen) atoms. The van der Waals surface area contributed by atoms with E-state index in [4.69, 9.17) is 0 Å². The minimum atomic E-state index is -3.19. The van der Waals surface area contributed by atoms with Crippen LogP contribution in [0.3, 0.4) is 0 Å². The number of likely N-dealkylation sites (tertiary alicyclic amines) is 1. The molecule has 2 aromatic rings. The summed E-state index contributed by atoms with van der Waals surface area (Å²) in [4.78, 5) is 2.74. The molecule has 3 nitrogen and oxygen atoms in total. The van der Waals surface area contributed by atoms with E-state index < -0.39 is 9.84 Å². The first kappa shape index (κ1) is 16.2. The van der Waals surface area contributed by atoms with Crippen LogP contribution in [0.1, 0.15) is 18.4 Å². The van der Waals surface area contributed by atoms with Crippen molar-refractivity contribution in [2.45, 2.75) is 29.4 Å². The fraction of sp³-hybridized carbons (Fsp3) is 0.368. The molecule has 0 aliphatic carbocycles. The number of rotatable bonds is 6. The number of sulfone groups is 1. The van der Waals surface area contributed by atoms with Gasteiger partial charge in [-0.25, -0.2) is 8.42 Å². The van der Waals surface area contributed by atoms with Gasteiger partial charge in [-0.05, 0) is 50.0 Å². The van der Waals surface area contributed by atoms with Crippen molar-refractivity contribution in [1.82, 2.24) is 4.90 Å². The van der Waals surface area contributed by atoms with Gasteiger partial charge in [-0.15, -0.1) is 0 Å². The Morgan fingerprint density at radius 2 is 1.61 bits per heavy atom. The Labute approximate surface area is 138 Å².